The van der Waals surface area contributed by atoms with E-state index in [0.29, 0.717) is 0 Å². The third-order valence-electron chi connectivity index (χ3n) is 5.18. The lowest BCUT2D eigenvalue weighted by atomic mass is 9.89. The fourth-order valence-electron chi connectivity index (χ4n) is 3.81. The van der Waals surface area contributed by atoms with Crippen LogP contribution in [0.15, 0.2) is 18.3 Å². The monoisotopic (exact) mass is 273 g/mol. The average Bonchev–Trinajstić information content (AvgIpc) is 3.01. The van der Waals surface area contributed by atoms with Crippen molar-refractivity contribution in [3.05, 3.63) is 24.0 Å². The molecular weight excluding hydrogens is 246 g/mol. The Labute approximate surface area is 123 Å². The Kier molecular flexibility index (Phi) is 4.25. The maximum atomic E-state index is 4.30. The maximum absolute atomic E-state index is 4.30. The molecule has 0 saturated carbocycles. The van der Waals surface area contributed by atoms with Crippen LogP contribution in [-0.2, 0) is 0 Å². The highest BCUT2D eigenvalue weighted by Crippen LogP contribution is 2.28. The van der Waals surface area contributed by atoms with E-state index in [-0.39, 0.29) is 0 Å². The molecule has 110 valence electrons. The number of likely N-dealkylation sites (tertiary alicyclic amines) is 1. The van der Waals surface area contributed by atoms with Gasteiger partial charge in [-0.25, -0.2) is 0 Å². The third-order valence-corrected chi connectivity index (χ3v) is 5.18. The summed E-state index contributed by atoms with van der Waals surface area (Å²) in [6.45, 7) is 9.57. The molecule has 2 fully saturated rings. The van der Waals surface area contributed by atoms with Gasteiger partial charge in [-0.3, -0.25) is 4.98 Å². The first-order chi connectivity index (χ1) is 9.74. The van der Waals surface area contributed by atoms with Gasteiger partial charge in [-0.2, -0.15) is 0 Å². The summed E-state index contributed by atoms with van der Waals surface area (Å²) in [5.41, 5.74) is 2.47. The zero-order valence-corrected chi connectivity index (χ0v) is 12.9. The summed E-state index contributed by atoms with van der Waals surface area (Å²) < 4.78 is 0. The first-order valence-corrected chi connectivity index (χ1v) is 8.16. The SMILES string of the molecule is Cc1cc(N2CCC([C@@H](C)N3CCCC3)CC2)ccn1. The second-order valence-electron chi connectivity index (χ2n) is 6.46. The summed E-state index contributed by atoms with van der Waals surface area (Å²) in [5, 5.41) is 0. The molecule has 3 nitrogen and oxygen atoms in total. The Morgan fingerprint density at radius 3 is 2.50 bits per heavy atom. The van der Waals surface area contributed by atoms with Crippen molar-refractivity contribution >= 4 is 5.69 Å². The predicted octanol–water partition coefficient (Wildman–Crippen LogP) is 3.09. The first kappa shape index (κ1) is 13.9. The van der Waals surface area contributed by atoms with Gasteiger partial charge in [0.1, 0.15) is 0 Å². The number of aryl methyl sites for hydroxylation is 1. The molecule has 0 N–H and O–H groups in total. The second kappa shape index (κ2) is 6.13. The van der Waals surface area contributed by atoms with Crippen LogP contribution in [0.1, 0.15) is 38.3 Å². The van der Waals surface area contributed by atoms with Crippen molar-refractivity contribution in [2.45, 2.75) is 45.6 Å². The van der Waals surface area contributed by atoms with E-state index in [1.54, 1.807) is 0 Å². The van der Waals surface area contributed by atoms with Gasteiger partial charge in [0.25, 0.3) is 0 Å². The molecule has 3 heteroatoms. The summed E-state index contributed by atoms with van der Waals surface area (Å²) in [6, 6.07) is 5.14. The van der Waals surface area contributed by atoms with Crippen LogP contribution in [0.4, 0.5) is 5.69 Å². The van der Waals surface area contributed by atoms with Crippen LogP contribution in [0, 0.1) is 12.8 Å². The van der Waals surface area contributed by atoms with Crippen LogP contribution in [-0.4, -0.2) is 42.1 Å². The van der Waals surface area contributed by atoms with Crippen molar-refractivity contribution in [3.8, 4) is 0 Å². The molecule has 2 saturated heterocycles. The summed E-state index contributed by atoms with van der Waals surface area (Å²) in [6.07, 6.45) is 7.40. The molecule has 0 amide bonds. The number of aromatic nitrogens is 1. The fourth-order valence-corrected chi connectivity index (χ4v) is 3.81. The summed E-state index contributed by atoms with van der Waals surface area (Å²) in [4.78, 5) is 9.53. The normalized spacial score (nSPS) is 23.2. The second-order valence-corrected chi connectivity index (χ2v) is 6.46. The highest BCUT2D eigenvalue weighted by Gasteiger charge is 2.28. The van der Waals surface area contributed by atoms with Crippen molar-refractivity contribution in [2.75, 3.05) is 31.1 Å². The molecule has 20 heavy (non-hydrogen) atoms. The zero-order valence-electron chi connectivity index (χ0n) is 12.9. The fraction of sp³-hybridized carbons (Fsp3) is 0.706. The smallest absolute Gasteiger partial charge is 0.0399 e. The largest absolute Gasteiger partial charge is 0.371 e. The zero-order chi connectivity index (χ0) is 13.9. The highest BCUT2D eigenvalue weighted by atomic mass is 15.2. The van der Waals surface area contributed by atoms with E-state index < -0.39 is 0 Å². The van der Waals surface area contributed by atoms with Gasteiger partial charge >= 0.3 is 0 Å². The van der Waals surface area contributed by atoms with Gasteiger partial charge in [-0.1, -0.05) is 0 Å². The van der Waals surface area contributed by atoms with Crippen molar-refractivity contribution < 1.29 is 0 Å². The lowest BCUT2D eigenvalue weighted by Gasteiger charge is -2.39. The van der Waals surface area contributed by atoms with Gasteiger partial charge in [0.05, 0.1) is 0 Å². The minimum Gasteiger partial charge on any atom is -0.371 e. The Bertz CT molecular complexity index is 432. The Morgan fingerprint density at radius 1 is 1.15 bits per heavy atom. The molecule has 0 spiro atoms. The Morgan fingerprint density at radius 2 is 1.85 bits per heavy atom. The van der Waals surface area contributed by atoms with Gasteiger partial charge in [-0.15, -0.1) is 0 Å². The van der Waals surface area contributed by atoms with E-state index >= 15 is 0 Å². The average molecular weight is 273 g/mol. The van der Waals surface area contributed by atoms with E-state index in [9.17, 15) is 0 Å². The molecular formula is C17H27N3. The minimum atomic E-state index is 0.777. The van der Waals surface area contributed by atoms with Gasteiger partial charge in [-0.05, 0) is 70.7 Å². The number of anilines is 1. The van der Waals surface area contributed by atoms with Gasteiger partial charge in [0.2, 0.25) is 0 Å². The molecule has 2 aliphatic rings. The molecule has 3 heterocycles. The summed E-state index contributed by atoms with van der Waals surface area (Å²) >= 11 is 0. The van der Waals surface area contributed by atoms with E-state index in [4.69, 9.17) is 0 Å². The summed E-state index contributed by atoms with van der Waals surface area (Å²) in [7, 11) is 0. The molecule has 1 atom stereocenters. The van der Waals surface area contributed by atoms with E-state index in [1.807, 2.05) is 6.20 Å². The number of piperidine rings is 1. The Hall–Kier alpha value is -1.09. The summed E-state index contributed by atoms with van der Waals surface area (Å²) in [5.74, 6) is 0.882. The molecule has 0 aliphatic carbocycles. The predicted molar refractivity (Wildman–Crippen MR) is 84.2 cm³/mol. The van der Waals surface area contributed by atoms with Crippen molar-refractivity contribution in [2.24, 2.45) is 5.92 Å². The van der Waals surface area contributed by atoms with E-state index in [1.165, 1.54) is 57.5 Å². The highest BCUT2D eigenvalue weighted by molar-refractivity contribution is 5.46. The maximum Gasteiger partial charge on any atom is 0.0399 e. The van der Waals surface area contributed by atoms with Gasteiger partial charge < -0.3 is 9.80 Å². The topological polar surface area (TPSA) is 19.4 Å². The molecule has 1 aromatic rings. The van der Waals surface area contributed by atoms with Crippen molar-refractivity contribution in [3.63, 3.8) is 0 Å². The molecule has 0 unspecified atom stereocenters. The van der Waals surface area contributed by atoms with Crippen LogP contribution in [0.3, 0.4) is 0 Å². The van der Waals surface area contributed by atoms with Crippen molar-refractivity contribution in [1.82, 2.24) is 9.88 Å². The van der Waals surface area contributed by atoms with Gasteiger partial charge in [0.15, 0.2) is 0 Å². The van der Waals surface area contributed by atoms with E-state index in [0.717, 1.165) is 17.7 Å². The van der Waals surface area contributed by atoms with Crippen LogP contribution in [0.2, 0.25) is 0 Å². The molecule has 1 aromatic heterocycles. The molecule has 0 aromatic carbocycles. The van der Waals surface area contributed by atoms with E-state index in [2.05, 4.69) is 40.8 Å². The Balaban J connectivity index is 1.56. The minimum absolute atomic E-state index is 0.777. The standard InChI is InChI=1S/C17H27N3/c1-14-13-17(5-8-18-14)20-11-6-16(7-12-20)15(2)19-9-3-4-10-19/h5,8,13,15-16H,3-4,6-7,9-12H2,1-2H3/t15-/m1/s1. The molecule has 2 aliphatic heterocycles. The molecule has 3 rings (SSSR count). The quantitative estimate of drug-likeness (QED) is 0.843. The third kappa shape index (κ3) is 2.98. The van der Waals surface area contributed by atoms with Crippen LogP contribution >= 0.6 is 0 Å². The number of rotatable bonds is 3. The lowest BCUT2D eigenvalue weighted by molar-refractivity contribution is 0.168. The number of nitrogens with zero attached hydrogens (tertiary/aromatic N) is 3. The molecule has 0 radical (unpaired) electrons. The van der Waals surface area contributed by atoms with Gasteiger partial charge in [0, 0.05) is 36.7 Å². The van der Waals surface area contributed by atoms with Crippen LogP contribution in [0.25, 0.3) is 0 Å². The van der Waals surface area contributed by atoms with Crippen LogP contribution < -0.4 is 4.90 Å². The first-order valence-electron chi connectivity index (χ1n) is 8.16. The molecule has 0 bridgehead atoms. The lowest BCUT2D eigenvalue weighted by Crippen LogP contribution is -2.43. The van der Waals surface area contributed by atoms with Crippen molar-refractivity contribution in [1.29, 1.82) is 0 Å². The number of pyridine rings is 1. The number of hydrogen-bond acceptors (Lipinski definition) is 3. The van der Waals surface area contributed by atoms with Crippen LogP contribution in [0.5, 0.6) is 0 Å². The number of hydrogen-bond donors (Lipinski definition) is 0.